The van der Waals surface area contributed by atoms with Gasteiger partial charge in [0.1, 0.15) is 11.0 Å². The fourth-order valence-corrected chi connectivity index (χ4v) is 3.17. The minimum Gasteiger partial charge on any atom is -0.480 e. The molecule has 0 saturated heterocycles. The van der Waals surface area contributed by atoms with E-state index in [4.69, 9.17) is 11.6 Å². The Kier molecular flexibility index (Phi) is 5.62. The highest BCUT2D eigenvalue weighted by atomic mass is 35.5. The second-order valence-corrected chi connectivity index (χ2v) is 7.83. The maximum Gasteiger partial charge on any atom is 0.326 e. The Morgan fingerprint density at radius 2 is 2.08 bits per heavy atom. The molecule has 0 bridgehead atoms. The highest BCUT2D eigenvalue weighted by Gasteiger charge is 2.32. The van der Waals surface area contributed by atoms with Gasteiger partial charge in [0.2, 0.25) is 5.91 Å². The Morgan fingerprint density at radius 1 is 1.38 bits per heavy atom. The predicted octanol–water partition coefficient (Wildman–Crippen LogP) is 3.62. The van der Waals surface area contributed by atoms with Gasteiger partial charge in [0.25, 0.3) is 0 Å². The molecule has 24 heavy (non-hydrogen) atoms. The van der Waals surface area contributed by atoms with Crippen LogP contribution in [0.4, 0.5) is 0 Å². The van der Waals surface area contributed by atoms with Gasteiger partial charge in [-0.3, -0.25) is 4.79 Å². The van der Waals surface area contributed by atoms with Crippen molar-refractivity contribution < 1.29 is 14.7 Å². The minimum atomic E-state index is -1.05. The van der Waals surface area contributed by atoms with Crippen LogP contribution in [0.25, 0.3) is 10.6 Å². The maximum absolute atomic E-state index is 12.1. The molecule has 2 rings (SSSR count). The molecule has 0 fully saturated rings. The molecule has 1 heterocycles. The number of rotatable bonds is 5. The molecule has 5 nitrogen and oxygen atoms in total. The summed E-state index contributed by atoms with van der Waals surface area (Å²) in [5.41, 5.74) is 0.915. The van der Waals surface area contributed by atoms with Crippen molar-refractivity contribution in [1.82, 2.24) is 10.3 Å². The van der Waals surface area contributed by atoms with Crippen LogP contribution in [0.2, 0.25) is 5.02 Å². The number of carbonyl (C=O) groups excluding carboxylic acids is 1. The molecular formula is C17H19ClN2O3S. The molecule has 0 radical (unpaired) electrons. The standard InChI is InChI=1S/C17H19ClN2O3S/c1-17(2,3)14(16(22)23)20-13(21)8-12-9-24-15(19-12)10-5-4-6-11(18)7-10/h4-7,9,14H,8H2,1-3H3,(H,20,21)(H,22,23). The highest BCUT2D eigenvalue weighted by molar-refractivity contribution is 7.13. The average Bonchev–Trinajstić information content (AvgIpc) is 2.91. The molecule has 1 aromatic heterocycles. The van der Waals surface area contributed by atoms with Gasteiger partial charge in [-0.15, -0.1) is 11.3 Å². The molecule has 2 aromatic rings. The number of aliphatic carboxylic acids is 1. The molecular weight excluding hydrogens is 348 g/mol. The number of carboxylic acid groups (broad SMARTS) is 1. The van der Waals surface area contributed by atoms with Gasteiger partial charge in [-0.05, 0) is 17.5 Å². The number of benzene rings is 1. The molecule has 0 aliphatic rings. The normalized spacial score (nSPS) is 12.7. The lowest BCUT2D eigenvalue weighted by molar-refractivity contribution is -0.144. The Hall–Kier alpha value is -1.92. The second-order valence-electron chi connectivity index (χ2n) is 6.54. The first-order valence-corrected chi connectivity index (χ1v) is 8.65. The largest absolute Gasteiger partial charge is 0.480 e. The summed E-state index contributed by atoms with van der Waals surface area (Å²) >= 11 is 7.39. The Labute approximate surface area is 149 Å². The number of carbonyl (C=O) groups is 2. The first kappa shape index (κ1) is 18.4. The first-order chi connectivity index (χ1) is 11.2. The minimum absolute atomic E-state index is 0.0386. The number of thiazole rings is 1. The van der Waals surface area contributed by atoms with Gasteiger partial charge in [-0.25, -0.2) is 9.78 Å². The van der Waals surface area contributed by atoms with Crippen molar-refractivity contribution in [3.63, 3.8) is 0 Å². The summed E-state index contributed by atoms with van der Waals surface area (Å²) < 4.78 is 0. The summed E-state index contributed by atoms with van der Waals surface area (Å²) in [6.07, 6.45) is 0.0386. The molecule has 2 N–H and O–H groups in total. The van der Waals surface area contributed by atoms with Crippen molar-refractivity contribution in [3.8, 4) is 10.6 Å². The van der Waals surface area contributed by atoms with Gasteiger partial charge >= 0.3 is 5.97 Å². The summed E-state index contributed by atoms with van der Waals surface area (Å²) in [7, 11) is 0. The van der Waals surface area contributed by atoms with Crippen LogP contribution in [0.15, 0.2) is 29.6 Å². The van der Waals surface area contributed by atoms with Crippen LogP contribution in [-0.2, 0) is 16.0 Å². The lowest BCUT2D eigenvalue weighted by atomic mass is 9.86. The predicted molar refractivity (Wildman–Crippen MR) is 95.3 cm³/mol. The molecule has 0 spiro atoms. The van der Waals surface area contributed by atoms with Crippen LogP contribution < -0.4 is 5.32 Å². The van der Waals surface area contributed by atoms with Gasteiger partial charge in [-0.2, -0.15) is 0 Å². The van der Waals surface area contributed by atoms with E-state index in [1.165, 1.54) is 11.3 Å². The molecule has 1 unspecified atom stereocenters. The first-order valence-electron chi connectivity index (χ1n) is 7.39. The van der Waals surface area contributed by atoms with E-state index in [0.29, 0.717) is 10.7 Å². The molecule has 7 heteroatoms. The van der Waals surface area contributed by atoms with Crippen LogP contribution in [0.5, 0.6) is 0 Å². The third-order valence-corrected chi connectivity index (χ3v) is 4.56. The van der Waals surface area contributed by atoms with Gasteiger partial charge in [0.15, 0.2) is 0 Å². The van der Waals surface area contributed by atoms with E-state index in [0.717, 1.165) is 10.6 Å². The molecule has 1 amide bonds. The molecule has 0 aliphatic heterocycles. The quantitative estimate of drug-likeness (QED) is 0.847. The van der Waals surface area contributed by atoms with Crippen molar-refractivity contribution in [2.75, 3.05) is 0 Å². The van der Waals surface area contributed by atoms with E-state index < -0.39 is 17.4 Å². The lowest BCUT2D eigenvalue weighted by Crippen LogP contribution is -2.49. The molecule has 0 saturated carbocycles. The van der Waals surface area contributed by atoms with Crippen molar-refractivity contribution in [2.24, 2.45) is 5.41 Å². The van der Waals surface area contributed by atoms with Crippen LogP contribution in [-0.4, -0.2) is 28.0 Å². The van der Waals surface area contributed by atoms with E-state index in [1.54, 1.807) is 32.2 Å². The van der Waals surface area contributed by atoms with Crippen molar-refractivity contribution in [3.05, 3.63) is 40.4 Å². The van der Waals surface area contributed by atoms with Crippen LogP contribution in [0.3, 0.4) is 0 Å². The highest BCUT2D eigenvalue weighted by Crippen LogP contribution is 2.26. The lowest BCUT2D eigenvalue weighted by Gasteiger charge is -2.27. The van der Waals surface area contributed by atoms with Crippen molar-refractivity contribution in [1.29, 1.82) is 0 Å². The van der Waals surface area contributed by atoms with Gasteiger partial charge in [0, 0.05) is 16.0 Å². The van der Waals surface area contributed by atoms with Gasteiger partial charge in [0.05, 0.1) is 12.1 Å². The van der Waals surface area contributed by atoms with Gasteiger partial charge in [-0.1, -0.05) is 44.5 Å². The Bertz CT molecular complexity index is 752. The summed E-state index contributed by atoms with van der Waals surface area (Å²) in [4.78, 5) is 27.9. The number of hydrogen-bond donors (Lipinski definition) is 2. The third kappa shape index (κ3) is 4.79. The van der Waals surface area contributed by atoms with E-state index in [2.05, 4.69) is 10.3 Å². The van der Waals surface area contributed by atoms with Crippen molar-refractivity contribution in [2.45, 2.75) is 33.2 Å². The maximum atomic E-state index is 12.1. The van der Waals surface area contributed by atoms with E-state index in [-0.39, 0.29) is 12.3 Å². The fourth-order valence-electron chi connectivity index (χ4n) is 2.17. The Morgan fingerprint density at radius 3 is 2.67 bits per heavy atom. The number of aromatic nitrogens is 1. The zero-order valence-electron chi connectivity index (χ0n) is 13.7. The zero-order valence-corrected chi connectivity index (χ0v) is 15.2. The molecule has 128 valence electrons. The topological polar surface area (TPSA) is 79.3 Å². The average molecular weight is 367 g/mol. The molecule has 1 atom stereocenters. The van der Waals surface area contributed by atoms with Crippen LogP contribution in [0, 0.1) is 5.41 Å². The smallest absolute Gasteiger partial charge is 0.326 e. The summed E-state index contributed by atoms with van der Waals surface area (Å²) in [5.74, 6) is -1.41. The fraction of sp³-hybridized carbons (Fsp3) is 0.353. The summed E-state index contributed by atoms with van der Waals surface area (Å²) in [5, 5.41) is 15.0. The molecule has 0 aliphatic carbocycles. The van der Waals surface area contributed by atoms with E-state index >= 15 is 0 Å². The molecule has 1 aromatic carbocycles. The van der Waals surface area contributed by atoms with Crippen LogP contribution in [0.1, 0.15) is 26.5 Å². The van der Waals surface area contributed by atoms with Crippen molar-refractivity contribution >= 4 is 34.8 Å². The SMILES string of the molecule is CC(C)(C)C(NC(=O)Cc1csc(-c2cccc(Cl)c2)n1)C(=O)O. The number of carboxylic acids is 1. The zero-order chi connectivity index (χ0) is 17.9. The summed E-state index contributed by atoms with van der Waals surface area (Å²) in [6.45, 7) is 5.31. The number of nitrogens with zero attached hydrogens (tertiary/aromatic N) is 1. The van der Waals surface area contributed by atoms with Crippen LogP contribution >= 0.6 is 22.9 Å². The monoisotopic (exact) mass is 366 g/mol. The number of hydrogen-bond acceptors (Lipinski definition) is 4. The summed E-state index contributed by atoms with van der Waals surface area (Å²) in [6, 6.07) is 6.38. The number of amides is 1. The third-order valence-electron chi connectivity index (χ3n) is 3.38. The second kappa shape index (κ2) is 7.32. The Balaban J connectivity index is 2.06. The number of halogens is 1. The van der Waals surface area contributed by atoms with E-state index in [9.17, 15) is 14.7 Å². The van der Waals surface area contributed by atoms with Gasteiger partial charge < -0.3 is 10.4 Å². The number of nitrogens with one attached hydrogen (secondary N) is 1. The van der Waals surface area contributed by atoms with E-state index in [1.807, 2.05) is 18.2 Å².